The van der Waals surface area contributed by atoms with Crippen LogP contribution in [0.2, 0.25) is 0 Å². The predicted octanol–water partition coefficient (Wildman–Crippen LogP) is 2.98. The number of Topliss-reactive ketones (excluding diaryl/α,β-unsaturated/α-hetero) is 1. The van der Waals surface area contributed by atoms with E-state index in [0.29, 0.717) is 18.3 Å². The highest BCUT2D eigenvalue weighted by atomic mass is 16.2. The number of nitrogens with two attached hydrogens (primary N) is 1. The van der Waals surface area contributed by atoms with Crippen molar-refractivity contribution >= 4 is 11.7 Å². The minimum Gasteiger partial charge on any atom is -0.365 e. The third-order valence-electron chi connectivity index (χ3n) is 3.57. The van der Waals surface area contributed by atoms with E-state index in [2.05, 4.69) is 13.8 Å². The first kappa shape index (κ1) is 14.9. The van der Waals surface area contributed by atoms with Gasteiger partial charge >= 0.3 is 0 Å². The quantitative estimate of drug-likeness (QED) is 0.448. The van der Waals surface area contributed by atoms with Crippen molar-refractivity contribution in [2.45, 2.75) is 58.8 Å². The highest BCUT2D eigenvalue weighted by Crippen LogP contribution is 2.26. The molecular formula is C15H25NO2. The third kappa shape index (κ3) is 5.03. The molecule has 0 unspecified atom stereocenters. The van der Waals surface area contributed by atoms with Crippen molar-refractivity contribution in [1.82, 2.24) is 0 Å². The maximum absolute atomic E-state index is 12.0. The van der Waals surface area contributed by atoms with Crippen molar-refractivity contribution in [1.29, 1.82) is 0 Å². The van der Waals surface area contributed by atoms with Crippen LogP contribution < -0.4 is 5.73 Å². The number of allylic oxidation sites excluding steroid dienone is 1. The zero-order valence-corrected chi connectivity index (χ0v) is 11.6. The van der Waals surface area contributed by atoms with Gasteiger partial charge in [0.15, 0.2) is 5.78 Å². The third-order valence-corrected chi connectivity index (χ3v) is 3.57. The Morgan fingerprint density at radius 3 is 2.33 bits per heavy atom. The number of ketones is 1. The van der Waals surface area contributed by atoms with Gasteiger partial charge in [0.05, 0.1) is 5.57 Å². The number of hydrogen-bond acceptors (Lipinski definition) is 2. The van der Waals surface area contributed by atoms with E-state index in [0.717, 1.165) is 19.3 Å². The normalized spacial score (nSPS) is 18.1. The molecule has 0 radical (unpaired) electrons. The second-order valence-electron chi connectivity index (χ2n) is 5.70. The molecule has 0 aromatic carbocycles. The van der Waals surface area contributed by atoms with Gasteiger partial charge in [0.2, 0.25) is 0 Å². The summed E-state index contributed by atoms with van der Waals surface area (Å²) < 4.78 is 0. The Morgan fingerprint density at radius 1 is 1.22 bits per heavy atom. The molecule has 0 atom stereocenters. The fraction of sp³-hybridized carbons (Fsp3) is 0.733. The smallest absolute Gasteiger partial charge is 0.251 e. The van der Waals surface area contributed by atoms with Crippen molar-refractivity contribution in [3.8, 4) is 0 Å². The largest absolute Gasteiger partial charge is 0.365 e. The van der Waals surface area contributed by atoms with Crippen molar-refractivity contribution in [2.75, 3.05) is 0 Å². The maximum atomic E-state index is 12.0. The number of amides is 1. The average Bonchev–Trinajstić information content (AvgIpc) is 2.34. The summed E-state index contributed by atoms with van der Waals surface area (Å²) in [6.07, 6.45) is 8.87. The fourth-order valence-electron chi connectivity index (χ4n) is 2.40. The fourth-order valence-corrected chi connectivity index (χ4v) is 2.40. The molecule has 0 aromatic rings. The van der Waals surface area contributed by atoms with E-state index < -0.39 is 5.91 Å². The summed E-state index contributed by atoms with van der Waals surface area (Å²) in [5.41, 5.74) is 5.57. The lowest BCUT2D eigenvalue weighted by Crippen LogP contribution is -2.22. The van der Waals surface area contributed by atoms with Gasteiger partial charge in [-0.3, -0.25) is 9.59 Å². The molecule has 1 rings (SSSR count). The van der Waals surface area contributed by atoms with Gasteiger partial charge in [-0.25, -0.2) is 0 Å². The molecule has 0 heterocycles. The van der Waals surface area contributed by atoms with Crippen molar-refractivity contribution in [3.05, 3.63) is 11.6 Å². The van der Waals surface area contributed by atoms with E-state index in [1.165, 1.54) is 19.3 Å². The molecule has 1 saturated carbocycles. The van der Waals surface area contributed by atoms with Crippen LogP contribution in [0.1, 0.15) is 58.8 Å². The molecular weight excluding hydrogens is 226 g/mol. The highest BCUT2D eigenvalue weighted by molar-refractivity contribution is 6.18. The lowest BCUT2D eigenvalue weighted by molar-refractivity contribution is -0.121. The SMILES string of the molecule is CC(C)CCC(=O)C(=CC1CCCCC1)C(N)=O. The second-order valence-corrected chi connectivity index (χ2v) is 5.70. The highest BCUT2D eigenvalue weighted by Gasteiger charge is 2.19. The molecule has 1 aliphatic rings. The van der Waals surface area contributed by atoms with Gasteiger partial charge in [-0.2, -0.15) is 0 Å². The molecule has 0 spiro atoms. The van der Waals surface area contributed by atoms with E-state index in [1.807, 2.05) is 6.08 Å². The zero-order valence-electron chi connectivity index (χ0n) is 11.6. The number of hydrogen-bond donors (Lipinski definition) is 1. The van der Waals surface area contributed by atoms with Gasteiger partial charge in [0.1, 0.15) is 0 Å². The Labute approximate surface area is 110 Å². The van der Waals surface area contributed by atoms with Crippen LogP contribution in [0, 0.1) is 11.8 Å². The Balaban J connectivity index is 2.65. The molecule has 1 fully saturated rings. The van der Waals surface area contributed by atoms with Crippen LogP contribution >= 0.6 is 0 Å². The molecule has 1 aliphatic carbocycles. The molecule has 3 nitrogen and oxygen atoms in total. The summed E-state index contributed by atoms with van der Waals surface area (Å²) in [6.45, 7) is 4.14. The van der Waals surface area contributed by atoms with E-state index >= 15 is 0 Å². The van der Waals surface area contributed by atoms with Crippen LogP contribution in [0.25, 0.3) is 0 Å². The monoisotopic (exact) mass is 251 g/mol. The summed E-state index contributed by atoms with van der Waals surface area (Å²) in [5, 5.41) is 0. The first-order valence-electron chi connectivity index (χ1n) is 7.05. The van der Waals surface area contributed by atoms with E-state index in [4.69, 9.17) is 5.73 Å². The van der Waals surface area contributed by atoms with Crippen molar-refractivity contribution in [2.24, 2.45) is 17.6 Å². The first-order valence-corrected chi connectivity index (χ1v) is 7.05. The maximum Gasteiger partial charge on any atom is 0.251 e. The van der Waals surface area contributed by atoms with Crippen LogP contribution in [0.5, 0.6) is 0 Å². The molecule has 1 amide bonds. The van der Waals surface area contributed by atoms with Crippen LogP contribution in [0.3, 0.4) is 0 Å². The van der Waals surface area contributed by atoms with Crippen LogP contribution in [0.4, 0.5) is 0 Å². The molecule has 18 heavy (non-hydrogen) atoms. The molecule has 3 heteroatoms. The minimum atomic E-state index is -0.561. The Morgan fingerprint density at radius 2 is 1.83 bits per heavy atom. The molecule has 0 aromatic heterocycles. The van der Waals surface area contributed by atoms with E-state index in [-0.39, 0.29) is 11.4 Å². The van der Waals surface area contributed by atoms with Gasteiger partial charge in [-0.15, -0.1) is 0 Å². The lowest BCUT2D eigenvalue weighted by atomic mass is 9.86. The molecule has 0 saturated heterocycles. The summed E-state index contributed by atoms with van der Waals surface area (Å²) in [5.74, 6) is 0.193. The second kappa shape index (κ2) is 7.34. The van der Waals surface area contributed by atoms with Crippen LogP contribution in [-0.2, 0) is 9.59 Å². The Kier molecular flexibility index (Phi) is 6.10. The van der Waals surface area contributed by atoms with E-state index in [1.54, 1.807) is 0 Å². The van der Waals surface area contributed by atoms with E-state index in [9.17, 15) is 9.59 Å². The number of carbonyl (C=O) groups excluding carboxylic acids is 2. The topological polar surface area (TPSA) is 60.2 Å². The molecule has 102 valence electrons. The minimum absolute atomic E-state index is 0.0817. The van der Waals surface area contributed by atoms with Gasteiger partial charge in [0, 0.05) is 6.42 Å². The van der Waals surface area contributed by atoms with Crippen LogP contribution in [-0.4, -0.2) is 11.7 Å². The Bertz CT molecular complexity index is 325. The average molecular weight is 251 g/mol. The van der Waals surface area contributed by atoms with Crippen LogP contribution in [0.15, 0.2) is 11.6 Å². The number of carbonyl (C=O) groups is 2. The van der Waals surface area contributed by atoms with Crippen molar-refractivity contribution < 1.29 is 9.59 Å². The van der Waals surface area contributed by atoms with Gasteiger partial charge in [0.25, 0.3) is 5.91 Å². The molecule has 0 bridgehead atoms. The predicted molar refractivity (Wildman–Crippen MR) is 72.9 cm³/mol. The summed E-state index contributed by atoms with van der Waals surface area (Å²) in [6, 6.07) is 0. The number of rotatable bonds is 6. The molecule has 2 N–H and O–H groups in total. The van der Waals surface area contributed by atoms with Gasteiger partial charge < -0.3 is 5.73 Å². The Hall–Kier alpha value is -1.12. The van der Waals surface area contributed by atoms with Crippen molar-refractivity contribution in [3.63, 3.8) is 0 Å². The summed E-state index contributed by atoms with van der Waals surface area (Å²) in [7, 11) is 0. The lowest BCUT2D eigenvalue weighted by Gasteiger charge is -2.19. The summed E-state index contributed by atoms with van der Waals surface area (Å²) >= 11 is 0. The first-order chi connectivity index (χ1) is 8.50. The van der Waals surface area contributed by atoms with Gasteiger partial charge in [-0.1, -0.05) is 39.2 Å². The zero-order chi connectivity index (χ0) is 13.5. The van der Waals surface area contributed by atoms with Gasteiger partial charge in [-0.05, 0) is 31.1 Å². The molecule has 0 aliphatic heterocycles. The summed E-state index contributed by atoms with van der Waals surface area (Å²) in [4.78, 5) is 23.4. The number of primary amides is 1. The standard InChI is InChI=1S/C15H25NO2/c1-11(2)8-9-14(17)13(15(16)18)10-12-6-4-3-5-7-12/h10-12H,3-9H2,1-2H3,(H2,16,18).